The van der Waals surface area contributed by atoms with Gasteiger partial charge in [0.2, 0.25) is 0 Å². The molecule has 0 unspecified atom stereocenters. The van der Waals surface area contributed by atoms with Crippen LogP contribution in [0, 0.1) is 11.3 Å². The summed E-state index contributed by atoms with van der Waals surface area (Å²) < 4.78 is 1.94. The zero-order valence-corrected chi connectivity index (χ0v) is 6.36. The highest BCUT2D eigenvalue weighted by Crippen LogP contribution is 1.95. The summed E-state index contributed by atoms with van der Waals surface area (Å²) in [5.41, 5.74) is 1.04. The van der Waals surface area contributed by atoms with Crippen LogP contribution in [0.4, 0.5) is 0 Å². The molecule has 1 aromatic heterocycles. The van der Waals surface area contributed by atoms with E-state index in [-0.39, 0.29) is 0 Å². The molecule has 0 saturated carbocycles. The van der Waals surface area contributed by atoms with Gasteiger partial charge in [0.15, 0.2) is 12.4 Å². The van der Waals surface area contributed by atoms with Gasteiger partial charge in [-0.3, -0.25) is 0 Å². The molecule has 0 radical (unpaired) electrons. The Morgan fingerprint density at radius 3 is 3.09 bits per heavy atom. The molecule has 2 nitrogen and oxygen atoms in total. The predicted molar refractivity (Wildman–Crippen MR) is 42.3 cm³/mol. The first-order chi connectivity index (χ1) is 5.33. The lowest BCUT2D eigenvalue weighted by molar-refractivity contribution is -0.671. The molecular formula is C9H9N2+. The van der Waals surface area contributed by atoms with Gasteiger partial charge in [0, 0.05) is 17.7 Å². The highest BCUT2D eigenvalue weighted by atomic mass is 14.9. The maximum atomic E-state index is 8.25. The number of aromatic nitrogens is 1. The van der Waals surface area contributed by atoms with Crippen molar-refractivity contribution in [3.8, 4) is 6.07 Å². The molecule has 0 N–H and O–H groups in total. The average Bonchev–Trinajstić information content (AvgIpc) is 2.01. The average molecular weight is 145 g/mol. The molecule has 0 bridgehead atoms. The molecule has 0 fully saturated rings. The number of allylic oxidation sites excluding steroid dienone is 1. The molecule has 0 saturated heterocycles. The molecule has 0 aromatic carbocycles. The third kappa shape index (κ3) is 2.23. The maximum absolute atomic E-state index is 8.25. The van der Waals surface area contributed by atoms with Crippen molar-refractivity contribution in [2.45, 2.75) is 0 Å². The lowest BCUT2D eigenvalue weighted by Gasteiger charge is -1.87. The van der Waals surface area contributed by atoms with E-state index in [0.717, 1.165) is 5.56 Å². The van der Waals surface area contributed by atoms with Crippen LogP contribution in [0.5, 0.6) is 0 Å². The van der Waals surface area contributed by atoms with Crippen molar-refractivity contribution >= 4 is 6.08 Å². The highest BCUT2D eigenvalue weighted by molar-refractivity contribution is 5.49. The third-order valence-corrected chi connectivity index (χ3v) is 1.31. The van der Waals surface area contributed by atoms with Crippen LogP contribution in [0.2, 0.25) is 0 Å². The molecule has 0 amide bonds. The van der Waals surface area contributed by atoms with Crippen LogP contribution in [-0.4, -0.2) is 0 Å². The predicted octanol–water partition coefficient (Wildman–Crippen LogP) is 1.05. The molecule has 0 aliphatic heterocycles. The molecule has 1 aromatic rings. The fraction of sp³-hybridized carbons (Fsp3) is 0.111. The van der Waals surface area contributed by atoms with Gasteiger partial charge in [-0.2, -0.15) is 5.26 Å². The van der Waals surface area contributed by atoms with Crippen LogP contribution < -0.4 is 4.57 Å². The number of hydrogen-bond acceptors (Lipinski definition) is 1. The van der Waals surface area contributed by atoms with E-state index in [0.29, 0.717) is 0 Å². The van der Waals surface area contributed by atoms with Gasteiger partial charge in [-0.05, 0) is 12.1 Å². The molecule has 1 heterocycles. The van der Waals surface area contributed by atoms with Crippen LogP contribution in [0.15, 0.2) is 30.6 Å². The zero-order valence-electron chi connectivity index (χ0n) is 6.36. The number of rotatable bonds is 1. The summed E-state index contributed by atoms with van der Waals surface area (Å²) in [4.78, 5) is 0. The summed E-state index contributed by atoms with van der Waals surface area (Å²) in [6, 6.07) is 5.84. The number of nitriles is 1. The maximum Gasteiger partial charge on any atom is 0.175 e. The topological polar surface area (TPSA) is 27.7 Å². The smallest absolute Gasteiger partial charge is 0.175 e. The third-order valence-electron chi connectivity index (χ3n) is 1.31. The summed E-state index contributed by atoms with van der Waals surface area (Å²) in [5, 5.41) is 8.25. The van der Waals surface area contributed by atoms with Gasteiger partial charge in [-0.15, -0.1) is 0 Å². The summed E-state index contributed by atoms with van der Waals surface area (Å²) in [7, 11) is 1.95. The van der Waals surface area contributed by atoms with Crippen LogP contribution in [0.25, 0.3) is 6.08 Å². The van der Waals surface area contributed by atoms with Gasteiger partial charge in [-0.25, -0.2) is 4.57 Å². The number of aryl methyl sites for hydroxylation is 1. The van der Waals surface area contributed by atoms with E-state index in [2.05, 4.69) is 0 Å². The Bertz CT molecular complexity index is 308. The van der Waals surface area contributed by atoms with E-state index >= 15 is 0 Å². The molecule has 0 aliphatic rings. The lowest BCUT2D eigenvalue weighted by atomic mass is 10.2. The molecule has 0 atom stereocenters. The second kappa shape index (κ2) is 3.52. The van der Waals surface area contributed by atoms with Gasteiger partial charge in [-0.1, -0.05) is 0 Å². The van der Waals surface area contributed by atoms with E-state index < -0.39 is 0 Å². The van der Waals surface area contributed by atoms with Gasteiger partial charge in [0.05, 0.1) is 6.07 Å². The van der Waals surface area contributed by atoms with Gasteiger partial charge in [0.1, 0.15) is 7.05 Å². The first-order valence-corrected chi connectivity index (χ1v) is 3.34. The largest absolute Gasteiger partial charge is 0.207 e. The number of pyridine rings is 1. The Hall–Kier alpha value is -1.62. The van der Waals surface area contributed by atoms with Crippen molar-refractivity contribution in [3.05, 3.63) is 36.2 Å². The number of nitrogens with zero attached hydrogens (tertiary/aromatic N) is 2. The highest BCUT2D eigenvalue weighted by Gasteiger charge is 1.91. The molecule has 1 rings (SSSR count). The Kier molecular flexibility index (Phi) is 2.40. The fourth-order valence-corrected chi connectivity index (χ4v) is 0.843. The standard InChI is InChI=1S/C9H9N2/c1-11-7-3-5-9(8-11)4-2-6-10/h2-5,7-8H,1H3/q+1. The minimum atomic E-state index is 1.04. The van der Waals surface area contributed by atoms with Gasteiger partial charge in [0.25, 0.3) is 0 Å². The van der Waals surface area contributed by atoms with Crippen LogP contribution >= 0.6 is 0 Å². The van der Waals surface area contributed by atoms with Gasteiger partial charge >= 0.3 is 0 Å². The van der Waals surface area contributed by atoms with E-state index in [1.807, 2.05) is 42.2 Å². The molecule has 0 spiro atoms. The van der Waals surface area contributed by atoms with Crippen molar-refractivity contribution in [1.82, 2.24) is 0 Å². The van der Waals surface area contributed by atoms with Crippen LogP contribution in [0.3, 0.4) is 0 Å². The molecule has 0 aliphatic carbocycles. The van der Waals surface area contributed by atoms with E-state index in [9.17, 15) is 0 Å². The Labute approximate surface area is 66.0 Å². The van der Waals surface area contributed by atoms with Crippen molar-refractivity contribution < 1.29 is 4.57 Å². The number of hydrogen-bond donors (Lipinski definition) is 0. The normalized spacial score (nSPS) is 9.82. The lowest BCUT2D eigenvalue weighted by Crippen LogP contribution is -2.26. The van der Waals surface area contributed by atoms with Crippen LogP contribution in [-0.2, 0) is 7.05 Å². The van der Waals surface area contributed by atoms with Crippen LogP contribution in [0.1, 0.15) is 5.56 Å². The van der Waals surface area contributed by atoms with E-state index in [4.69, 9.17) is 5.26 Å². The van der Waals surface area contributed by atoms with Crippen molar-refractivity contribution in [2.75, 3.05) is 0 Å². The minimum absolute atomic E-state index is 1.04. The second-order valence-electron chi connectivity index (χ2n) is 2.27. The van der Waals surface area contributed by atoms with Crippen molar-refractivity contribution in [1.29, 1.82) is 5.26 Å². The summed E-state index contributed by atoms with van der Waals surface area (Å²) in [6.45, 7) is 0. The first kappa shape index (κ1) is 7.49. The Morgan fingerprint density at radius 1 is 1.64 bits per heavy atom. The van der Waals surface area contributed by atoms with Gasteiger partial charge < -0.3 is 0 Å². The van der Waals surface area contributed by atoms with Crippen molar-refractivity contribution in [2.24, 2.45) is 7.05 Å². The SMILES string of the molecule is C[n+]1cccc(C=CC#N)c1. The Morgan fingerprint density at radius 2 is 2.45 bits per heavy atom. The monoisotopic (exact) mass is 145 g/mol. The van der Waals surface area contributed by atoms with Crippen molar-refractivity contribution in [3.63, 3.8) is 0 Å². The molecule has 54 valence electrons. The van der Waals surface area contributed by atoms with E-state index in [1.165, 1.54) is 6.08 Å². The summed E-state index contributed by atoms with van der Waals surface area (Å²) in [5.74, 6) is 0. The first-order valence-electron chi connectivity index (χ1n) is 3.34. The summed E-state index contributed by atoms with van der Waals surface area (Å²) in [6.07, 6.45) is 7.15. The minimum Gasteiger partial charge on any atom is -0.207 e. The molecule has 2 heteroatoms. The molecule has 11 heavy (non-hydrogen) atoms. The quantitative estimate of drug-likeness (QED) is 0.428. The summed E-state index contributed by atoms with van der Waals surface area (Å²) >= 11 is 0. The zero-order chi connectivity index (χ0) is 8.10. The molecular weight excluding hydrogens is 136 g/mol. The fourth-order valence-electron chi connectivity index (χ4n) is 0.843. The Balaban J connectivity index is 2.90. The second-order valence-corrected chi connectivity index (χ2v) is 2.27. The van der Waals surface area contributed by atoms with E-state index in [1.54, 1.807) is 6.08 Å².